The van der Waals surface area contributed by atoms with Crippen molar-refractivity contribution in [2.24, 2.45) is 0 Å². The number of fused-ring (bicyclic) bond motifs is 1. The molecule has 1 unspecified atom stereocenters. The summed E-state index contributed by atoms with van der Waals surface area (Å²) >= 11 is 5.78. The van der Waals surface area contributed by atoms with Crippen LogP contribution in [-0.4, -0.2) is 48.9 Å². The van der Waals surface area contributed by atoms with E-state index in [-0.39, 0.29) is 10.9 Å². The van der Waals surface area contributed by atoms with Crippen LogP contribution in [0.5, 0.6) is 0 Å². The van der Waals surface area contributed by atoms with Gasteiger partial charge in [0.05, 0.1) is 30.1 Å². The number of hydrogen-bond acceptors (Lipinski definition) is 5. The molecular weight excluding hydrogens is 336 g/mol. The van der Waals surface area contributed by atoms with Gasteiger partial charge in [-0.2, -0.15) is 5.10 Å². The Morgan fingerprint density at radius 2 is 2.21 bits per heavy atom. The molecule has 3 rings (SSSR count). The standard InChI is InChI=1S/C15H17ClN4O4/c16-11-4-9(6-17-14(11)23)15(24)19-2-1-3-20-10(7-19)5-12(18-20)13(22)8-21/h4-6,13,21-22H,1-3,7-8H2,(H,17,23). The first kappa shape index (κ1) is 16.7. The summed E-state index contributed by atoms with van der Waals surface area (Å²) in [4.78, 5) is 28.0. The average Bonchev–Trinajstić information content (AvgIpc) is 2.87. The van der Waals surface area contributed by atoms with Crippen molar-refractivity contribution in [1.82, 2.24) is 19.7 Å². The molecule has 0 saturated carbocycles. The first-order chi connectivity index (χ1) is 11.5. The van der Waals surface area contributed by atoms with Crippen molar-refractivity contribution >= 4 is 17.5 Å². The number of amides is 1. The summed E-state index contributed by atoms with van der Waals surface area (Å²) in [5, 5.41) is 23.0. The van der Waals surface area contributed by atoms with Crippen molar-refractivity contribution in [1.29, 1.82) is 0 Å². The Balaban J connectivity index is 1.84. The highest BCUT2D eigenvalue weighted by Crippen LogP contribution is 2.19. The smallest absolute Gasteiger partial charge is 0.266 e. The second-order valence-corrected chi connectivity index (χ2v) is 6.03. The van der Waals surface area contributed by atoms with Crippen LogP contribution in [-0.2, 0) is 13.1 Å². The van der Waals surface area contributed by atoms with Gasteiger partial charge < -0.3 is 20.1 Å². The van der Waals surface area contributed by atoms with Crippen molar-refractivity contribution < 1.29 is 15.0 Å². The molecule has 0 spiro atoms. The molecule has 0 saturated heterocycles. The lowest BCUT2D eigenvalue weighted by Crippen LogP contribution is -2.31. The Morgan fingerprint density at radius 1 is 1.42 bits per heavy atom. The Labute approximate surface area is 142 Å². The zero-order chi connectivity index (χ0) is 17.3. The summed E-state index contributed by atoms with van der Waals surface area (Å²) in [6, 6.07) is 3.04. The average molecular weight is 353 g/mol. The fraction of sp³-hybridized carbons (Fsp3) is 0.400. The van der Waals surface area contributed by atoms with E-state index in [1.807, 2.05) is 0 Å². The predicted octanol–water partition coefficient (Wildman–Crippen LogP) is 0.297. The van der Waals surface area contributed by atoms with E-state index in [9.17, 15) is 14.7 Å². The Bertz CT molecular complexity index is 816. The quantitative estimate of drug-likeness (QED) is 0.735. The lowest BCUT2D eigenvalue weighted by molar-refractivity contribution is 0.0745. The maximum absolute atomic E-state index is 12.6. The molecule has 128 valence electrons. The number of carbonyl (C=O) groups is 1. The molecule has 1 amide bonds. The van der Waals surface area contributed by atoms with Gasteiger partial charge in [0, 0.05) is 19.3 Å². The zero-order valence-electron chi connectivity index (χ0n) is 12.8. The molecule has 0 bridgehead atoms. The number of hydrogen-bond donors (Lipinski definition) is 3. The number of aliphatic hydroxyl groups excluding tert-OH is 2. The number of aromatic amines is 1. The molecule has 0 aliphatic carbocycles. The van der Waals surface area contributed by atoms with Crippen LogP contribution in [0.4, 0.5) is 0 Å². The molecule has 0 fully saturated rings. The fourth-order valence-corrected chi connectivity index (χ4v) is 2.85. The molecule has 1 atom stereocenters. The van der Waals surface area contributed by atoms with E-state index in [0.29, 0.717) is 37.3 Å². The van der Waals surface area contributed by atoms with Gasteiger partial charge in [0.1, 0.15) is 11.1 Å². The molecule has 3 heterocycles. The number of H-pyrrole nitrogens is 1. The third-order valence-electron chi connectivity index (χ3n) is 3.94. The largest absolute Gasteiger partial charge is 0.393 e. The highest BCUT2D eigenvalue weighted by molar-refractivity contribution is 6.30. The number of aliphatic hydroxyl groups is 2. The Hall–Kier alpha value is -2.16. The number of halogens is 1. The van der Waals surface area contributed by atoms with Crippen LogP contribution in [0.1, 0.15) is 34.3 Å². The van der Waals surface area contributed by atoms with Crippen LogP contribution in [0, 0.1) is 0 Å². The van der Waals surface area contributed by atoms with Crippen LogP contribution in [0.15, 0.2) is 23.1 Å². The van der Waals surface area contributed by atoms with Gasteiger partial charge in [-0.05, 0) is 18.6 Å². The molecule has 1 aliphatic heterocycles. The second kappa shape index (κ2) is 6.76. The highest BCUT2D eigenvalue weighted by atomic mass is 35.5. The van der Waals surface area contributed by atoms with Gasteiger partial charge in [-0.15, -0.1) is 0 Å². The van der Waals surface area contributed by atoms with Crippen LogP contribution in [0.2, 0.25) is 5.02 Å². The van der Waals surface area contributed by atoms with Crippen LogP contribution in [0.25, 0.3) is 0 Å². The van der Waals surface area contributed by atoms with E-state index in [2.05, 4.69) is 10.1 Å². The highest BCUT2D eigenvalue weighted by Gasteiger charge is 2.23. The zero-order valence-corrected chi connectivity index (χ0v) is 13.5. The van der Waals surface area contributed by atoms with E-state index in [1.54, 1.807) is 15.6 Å². The summed E-state index contributed by atoms with van der Waals surface area (Å²) in [7, 11) is 0. The maximum atomic E-state index is 12.6. The lowest BCUT2D eigenvalue weighted by atomic mass is 10.2. The van der Waals surface area contributed by atoms with Gasteiger partial charge in [-0.25, -0.2) is 0 Å². The van der Waals surface area contributed by atoms with Gasteiger partial charge in [-0.3, -0.25) is 14.3 Å². The van der Waals surface area contributed by atoms with Crippen molar-refractivity contribution in [3.63, 3.8) is 0 Å². The minimum atomic E-state index is -1.04. The summed E-state index contributed by atoms with van der Waals surface area (Å²) in [6.45, 7) is 1.07. The van der Waals surface area contributed by atoms with E-state index < -0.39 is 18.3 Å². The van der Waals surface area contributed by atoms with Crippen LogP contribution >= 0.6 is 11.6 Å². The van der Waals surface area contributed by atoms with E-state index in [4.69, 9.17) is 16.7 Å². The summed E-state index contributed by atoms with van der Waals surface area (Å²) in [6.07, 6.45) is 1.01. The van der Waals surface area contributed by atoms with Crippen molar-refractivity contribution in [2.75, 3.05) is 13.2 Å². The minimum absolute atomic E-state index is 0.0333. The van der Waals surface area contributed by atoms with Gasteiger partial charge in [-0.1, -0.05) is 11.6 Å². The maximum Gasteiger partial charge on any atom is 0.266 e. The van der Waals surface area contributed by atoms with Crippen LogP contribution < -0.4 is 5.56 Å². The SMILES string of the molecule is O=C(c1c[nH]c(=O)c(Cl)c1)N1CCCn2nc(C(O)CO)cc2C1. The molecule has 8 nitrogen and oxygen atoms in total. The van der Waals surface area contributed by atoms with E-state index >= 15 is 0 Å². The number of rotatable bonds is 3. The normalized spacial score (nSPS) is 15.7. The second-order valence-electron chi connectivity index (χ2n) is 5.63. The monoisotopic (exact) mass is 352 g/mol. The summed E-state index contributed by atoms with van der Waals surface area (Å²) in [5.41, 5.74) is 1.03. The number of aromatic nitrogens is 3. The number of carbonyl (C=O) groups excluding carboxylic acids is 1. The Morgan fingerprint density at radius 3 is 2.92 bits per heavy atom. The molecular formula is C15H17ClN4O4. The van der Waals surface area contributed by atoms with Gasteiger partial charge in [0.25, 0.3) is 11.5 Å². The van der Waals surface area contributed by atoms with Gasteiger partial charge in [0.15, 0.2) is 0 Å². The molecule has 0 radical (unpaired) electrons. The first-order valence-electron chi connectivity index (χ1n) is 7.52. The summed E-state index contributed by atoms with van der Waals surface area (Å²) in [5.74, 6) is -0.243. The minimum Gasteiger partial charge on any atom is -0.393 e. The molecule has 2 aromatic rings. The molecule has 9 heteroatoms. The third-order valence-corrected chi connectivity index (χ3v) is 4.22. The number of aryl methyl sites for hydroxylation is 1. The number of pyridine rings is 1. The molecule has 3 N–H and O–H groups in total. The Kier molecular flexibility index (Phi) is 4.70. The van der Waals surface area contributed by atoms with Crippen molar-refractivity contribution in [2.45, 2.75) is 25.6 Å². The van der Waals surface area contributed by atoms with E-state index in [0.717, 1.165) is 5.69 Å². The molecule has 24 heavy (non-hydrogen) atoms. The fourth-order valence-electron chi connectivity index (χ4n) is 2.68. The topological polar surface area (TPSA) is 111 Å². The lowest BCUT2D eigenvalue weighted by Gasteiger charge is -2.20. The van der Waals surface area contributed by atoms with Crippen molar-refractivity contribution in [3.8, 4) is 0 Å². The molecule has 2 aromatic heterocycles. The first-order valence-corrected chi connectivity index (χ1v) is 7.90. The molecule has 0 aromatic carbocycles. The molecule has 1 aliphatic rings. The van der Waals surface area contributed by atoms with Gasteiger partial charge >= 0.3 is 0 Å². The van der Waals surface area contributed by atoms with Gasteiger partial charge in [0.2, 0.25) is 0 Å². The van der Waals surface area contributed by atoms with E-state index in [1.165, 1.54) is 12.3 Å². The number of nitrogens with one attached hydrogen (secondary N) is 1. The van der Waals surface area contributed by atoms with Crippen molar-refractivity contribution in [3.05, 3.63) is 50.7 Å². The predicted molar refractivity (Wildman–Crippen MR) is 85.7 cm³/mol. The van der Waals surface area contributed by atoms with Crippen LogP contribution in [0.3, 0.4) is 0 Å². The third kappa shape index (κ3) is 3.21. The summed E-state index contributed by atoms with van der Waals surface area (Å²) < 4.78 is 1.74. The number of nitrogens with zero attached hydrogens (tertiary/aromatic N) is 3.